The monoisotopic (exact) mass is 549 g/mol. The minimum Gasteiger partial charge on any atom is -0.487 e. The van der Waals surface area contributed by atoms with Crippen molar-refractivity contribution in [2.24, 2.45) is 0 Å². The van der Waals surface area contributed by atoms with Gasteiger partial charge in [-0.25, -0.2) is 14.0 Å². The average molecular weight is 549 g/mol. The molecule has 15 heteroatoms. The van der Waals surface area contributed by atoms with Crippen LogP contribution in [-0.4, -0.2) is 102 Å². The van der Waals surface area contributed by atoms with E-state index in [1.165, 1.54) is 6.20 Å². The molecule has 210 valence electrons. The molecule has 1 aromatic heterocycles. The molecule has 4 rings (SSSR count). The molecular weight excluding hydrogens is 522 g/mol. The fourth-order valence-corrected chi connectivity index (χ4v) is 3.98. The number of likely N-dealkylation sites (N-methyl/N-ethyl adjacent to an activating group) is 1. The number of rotatable bonds is 5. The number of benzene rings is 1. The summed E-state index contributed by atoms with van der Waals surface area (Å²) in [6, 6.07) is 0.961. The van der Waals surface area contributed by atoms with Crippen molar-refractivity contribution in [2.45, 2.75) is 25.2 Å². The maximum atomic E-state index is 15.3. The lowest BCUT2D eigenvalue weighted by atomic mass is 10.1. The third-order valence-electron chi connectivity index (χ3n) is 6.04. The van der Waals surface area contributed by atoms with Crippen molar-refractivity contribution in [1.82, 2.24) is 9.47 Å². The number of aromatic nitrogens is 1. The molecule has 0 bridgehead atoms. The zero-order valence-corrected chi connectivity index (χ0v) is 20.5. The number of hydrogen-bond acceptors (Lipinski definition) is 9. The Labute approximate surface area is 213 Å². The first-order valence-corrected chi connectivity index (χ1v) is 11.5. The lowest BCUT2D eigenvalue weighted by Gasteiger charge is -2.37. The van der Waals surface area contributed by atoms with Crippen molar-refractivity contribution in [3.05, 3.63) is 33.9 Å². The van der Waals surface area contributed by atoms with Crippen LogP contribution < -0.4 is 15.1 Å². The summed E-state index contributed by atoms with van der Waals surface area (Å²) in [5.41, 5.74) is -0.144. The number of halogens is 4. The Balaban J connectivity index is 0.000000505. The Morgan fingerprint density at radius 1 is 1.24 bits per heavy atom. The van der Waals surface area contributed by atoms with Gasteiger partial charge < -0.3 is 39.2 Å². The third-order valence-corrected chi connectivity index (χ3v) is 6.04. The smallest absolute Gasteiger partial charge is 0.487 e. The van der Waals surface area contributed by atoms with Crippen LogP contribution in [0.1, 0.15) is 23.3 Å². The van der Waals surface area contributed by atoms with Crippen LogP contribution in [0, 0.1) is 5.82 Å². The number of aliphatic carboxylic acids is 1. The Bertz CT molecular complexity index is 1260. The van der Waals surface area contributed by atoms with Gasteiger partial charge in [0.1, 0.15) is 30.6 Å². The second kappa shape index (κ2) is 11.5. The van der Waals surface area contributed by atoms with Gasteiger partial charge in [-0.15, -0.1) is 0 Å². The number of carboxylic acid groups (broad SMARTS) is 1. The Kier molecular flexibility index (Phi) is 8.84. The quantitative estimate of drug-likeness (QED) is 0.365. The van der Waals surface area contributed by atoms with E-state index >= 15 is 4.39 Å². The largest absolute Gasteiger partial charge is 0.490 e. The number of hydrogen-bond donors (Lipinski definition) is 3. The molecule has 0 spiro atoms. The number of carbonyl (C=O) groups is 2. The summed E-state index contributed by atoms with van der Waals surface area (Å²) in [5.74, 6) is -3.96. The second-order valence-electron chi connectivity index (χ2n) is 8.90. The molecule has 0 radical (unpaired) electrons. The molecule has 0 aliphatic carbocycles. The van der Waals surface area contributed by atoms with Gasteiger partial charge in [0.15, 0.2) is 11.6 Å². The molecular formula is C23H27F4N3O8. The van der Waals surface area contributed by atoms with Crippen molar-refractivity contribution >= 4 is 28.5 Å². The average Bonchev–Trinajstić information content (AvgIpc) is 2.86. The molecule has 0 saturated carbocycles. The van der Waals surface area contributed by atoms with E-state index in [4.69, 9.17) is 24.5 Å². The van der Waals surface area contributed by atoms with Gasteiger partial charge in [-0.05, 0) is 20.0 Å². The third kappa shape index (κ3) is 6.16. The first-order chi connectivity index (χ1) is 17.8. The highest BCUT2D eigenvalue weighted by atomic mass is 19.4. The summed E-state index contributed by atoms with van der Waals surface area (Å²) in [4.78, 5) is 38.5. The molecule has 11 nitrogen and oxygen atoms in total. The van der Waals surface area contributed by atoms with Crippen LogP contribution in [-0.2, 0) is 9.53 Å². The van der Waals surface area contributed by atoms with Crippen molar-refractivity contribution in [3.63, 3.8) is 0 Å². The van der Waals surface area contributed by atoms with Gasteiger partial charge in [0.05, 0.1) is 23.6 Å². The minimum atomic E-state index is -5.08. The van der Waals surface area contributed by atoms with Crippen LogP contribution in [0.15, 0.2) is 17.1 Å². The Morgan fingerprint density at radius 2 is 1.84 bits per heavy atom. The molecule has 2 aromatic rings. The number of carbonyl (C=O) groups excluding carboxylic acids is 1. The van der Waals surface area contributed by atoms with Crippen LogP contribution in [0.3, 0.4) is 0 Å². The number of aliphatic hydroxyl groups excluding tert-OH is 2. The molecule has 1 aromatic carbocycles. The molecule has 1 fully saturated rings. The van der Waals surface area contributed by atoms with Gasteiger partial charge in [-0.1, -0.05) is 0 Å². The van der Waals surface area contributed by atoms with E-state index in [2.05, 4.69) is 4.90 Å². The van der Waals surface area contributed by atoms with Crippen LogP contribution >= 0.6 is 0 Å². The lowest BCUT2D eigenvalue weighted by molar-refractivity contribution is -0.192. The zero-order valence-electron chi connectivity index (χ0n) is 20.5. The van der Waals surface area contributed by atoms with Crippen molar-refractivity contribution in [1.29, 1.82) is 0 Å². The standard InChI is InChI=1S/C21H26FN3O6.C2HF3O2/c1-12-10-30-20-17-14(7-16(22)18(20)24-5-3-23(2)4-6-24)19(28)15(8-25(12)17)21(29)31-11-13(27)9-26;3-2(4,5)1(6)7/h7-8,12-13,26-27H,3-6,9-11H2,1-2H3;(H,6,7). The Hall–Kier alpha value is -3.43. The number of pyridine rings is 1. The summed E-state index contributed by atoms with van der Waals surface area (Å²) in [5, 5.41) is 25.4. The maximum absolute atomic E-state index is 15.3. The van der Waals surface area contributed by atoms with E-state index < -0.39 is 48.7 Å². The topological polar surface area (TPSA) is 142 Å². The van der Waals surface area contributed by atoms with E-state index in [1.54, 1.807) is 4.57 Å². The predicted molar refractivity (Wildman–Crippen MR) is 125 cm³/mol. The van der Waals surface area contributed by atoms with Gasteiger partial charge in [0.25, 0.3) is 0 Å². The maximum Gasteiger partial charge on any atom is 0.490 e. The predicted octanol–water partition coefficient (Wildman–Crippen LogP) is 0.989. The van der Waals surface area contributed by atoms with Crippen LogP contribution in [0.4, 0.5) is 23.2 Å². The van der Waals surface area contributed by atoms with Gasteiger partial charge in [0.2, 0.25) is 5.43 Å². The minimum absolute atomic E-state index is 0.0362. The molecule has 38 heavy (non-hydrogen) atoms. The van der Waals surface area contributed by atoms with Gasteiger partial charge in [-0.3, -0.25) is 4.79 Å². The zero-order chi connectivity index (χ0) is 28.4. The number of aliphatic hydroxyl groups is 2. The van der Waals surface area contributed by atoms with Crippen LogP contribution in [0.2, 0.25) is 0 Å². The SMILES string of the molecule is CC1COc2c(N3CCN(C)CC3)c(F)cc3c(=O)c(C(=O)OCC(O)CO)cn1c23.O=C(O)C(F)(F)F. The molecule has 2 atom stereocenters. The van der Waals surface area contributed by atoms with Gasteiger partial charge >= 0.3 is 18.1 Å². The lowest BCUT2D eigenvalue weighted by Crippen LogP contribution is -2.45. The number of anilines is 1. The van der Waals surface area contributed by atoms with Crippen molar-refractivity contribution < 1.29 is 51.9 Å². The van der Waals surface area contributed by atoms with Gasteiger partial charge in [-0.2, -0.15) is 13.2 Å². The van der Waals surface area contributed by atoms with Crippen LogP contribution in [0.25, 0.3) is 10.9 Å². The summed E-state index contributed by atoms with van der Waals surface area (Å²) < 4.78 is 59.6. The van der Waals surface area contributed by atoms with Crippen LogP contribution in [0.5, 0.6) is 5.75 Å². The van der Waals surface area contributed by atoms with Gasteiger partial charge in [0, 0.05) is 32.4 Å². The highest BCUT2D eigenvalue weighted by molar-refractivity contribution is 5.98. The summed E-state index contributed by atoms with van der Waals surface area (Å²) in [7, 11) is 2.01. The number of piperazine rings is 1. The Morgan fingerprint density at radius 3 is 2.39 bits per heavy atom. The number of alkyl halides is 3. The molecule has 2 aliphatic heterocycles. The number of nitrogens with zero attached hydrogens (tertiary/aromatic N) is 3. The number of carboxylic acids is 1. The number of ether oxygens (including phenoxy) is 2. The molecule has 0 amide bonds. The fraction of sp³-hybridized carbons (Fsp3) is 0.522. The molecule has 3 N–H and O–H groups in total. The normalized spacial score (nSPS) is 18.3. The molecule has 3 heterocycles. The molecule has 1 saturated heterocycles. The molecule has 2 unspecified atom stereocenters. The fourth-order valence-electron chi connectivity index (χ4n) is 3.98. The van der Waals surface area contributed by atoms with E-state index in [0.717, 1.165) is 19.2 Å². The van der Waals surface area contributed by atoms with E-state index in [1.807, 2.05) is 18.9 Å². The second-order valence-corrected chi connectivity index (χ2v) is 8.90. The summed E-state index contributed by atoms with van der Waals surface area (Å²) in [6.45, 7) is 3.93. The molecule has 2 aliphatic rings. The first-order valence-electron chi connectivity index (χ1n) is 11.5. The first kappa shape index (κ1) is 29.1. The van der Waals surface area contributed by atoms with E-state index in [0.29, 0.717) is 30.0 Å². The van der Waals surface area contributed by atoms with E-state index in [-0.39, 0.29) is 23.6 Å². The summed E-state index contributed by atoms with van der Waals surface area (Å²) >= 11 is 0. The highest BCUT2D eigenvalue weighted by Gasteiger charge is 2.38. The van der Waals surface area contributed by atoms with E-state index in [9.17, 15) is 27.9 Å². The van der Waals surface area contributed by atoms with Crippen molar-refractivity contribution in [3.8, 4) is 5.75 Å². The van der Waals surface area contributed by atoms with Crippen molar-refractivity contribution in [2.75, 3.05) is 57.9 Å². The number of esters is 1. The summed E-state index contributed by atoms with van der Waals surface area (Å²) in [6.07, 6.45) is -4.92. The highest BCUT2D eigenvalue weighted by Crippen LogP contribution is 2.42.